The van der Waals surface area contributed by atoms with Crippen LogP contribution in [0.2, 0.25) is 0 Å². The Morgan fingerprint density at radius 2 is 2.35 bits per heavy atom. The van der Waals surface area contributed by atoms with Crippen LogP contribution in [0.15, 0.2) is 6.33 Å². The van der Waals surface area contributed by atoms with E-state index in [1.807, 2.05) is 7.05 Å². The molecule has 3 N–H and O–H groups in total. The van der Waals surface area contributed by atoms with Gasteiger partial charge in [-0.1, -0.05) is 13.3 Å². The van der Waals surface area contributed by atoms with Crippen molar-refractivity contribution < 1.29 is 4.79 Å². The second kappa shape index (κ2) is 6.54. The first-order chi connectivity index (χ1) is 9.67. The third-order valence-electron chi connectivity index (χ3n) is 3.78. The van der Waals surface area contributed by atoms with E-state index in [0.717, 1.165) is 49.4 Å². The zero-order valence-electron chi connectivity index (χ0n) is 12.2. The number of nitrogens with one attached hydrogen (secondary N) is 1. The maximum Gasteiger partial charge on any atom is 0.222 e. The lowest BCUT2D eigenvalue weighted by molar-refractivity contribution is -0.122. The summed E-state index contributed by atoms with van der Waals surface area (Å²) in [6.45, 7) is 3.71. The summed E-state index contributed by atoms with van der Waals surface area (Å²) in [5.74, 6) is 1.52. The van der Waals surface area contributed by atoms with Crippen LogP contribution in [0.4, 0.5) is 11.6 Å². The predicted octanol–water partition coefficient (Wildman–Crippen LogP) is 1.17. The molecule has 6 heteroatoms. The van der Waals surface area contributed by atoms with E-state index in [4.69, 9.17) is 5.73 Å². The molecule has 0 saturated carbocycles. The van der Waals surface area contributed by atoms with Crippen LogP contribution >= 0.6 is 0 Å². The van der Waals surface area contributed by atoms with Gasteiger partial charge in [0.25, 0.3) is 0 Å². The van der Waals surface area contributed by atoms with E-state index in [2.05, 4.69) is 27.1 Å². The Bertz CT molecular complexity index is 477. The van der Waals surface area contributed by atoms with E-state index < -0.39 is 0 Å². The number of carbonyl (C=O) groups excluding carboxylic acids is 1. The van der Waals surface area contributed by atoms with Crippen LogP contribution in [0.5, 0.6) is 0 Å². The highest BCUT2D eigenvalue weighted by Crippen LogP contribution is 2.28. The van der Waals surface area contributed by atoms with Crippen LogP contribution in [0.25, 0.3) is 0 Å². The number of carbonyl (C=O) groups is 1. The zero-order valence-corrected chi connectivity index (χ0v) is 12.2. The lowest BCUT2D eigenvalue weighted by Crippen LogP contribution is -2.42. The normalized spacial score (nSPS) is 18.9. The third kappa shape index (κ3) is 3.00. The summed E-state index contributed by atoms with van der Waals surface area (Å²) in [6.07, 6.45) is 5.37. The van der Waals surface area contributed by atoms with Crippen LogP contribution in [-0.2, 0) is 11.2 Å². The molecule has 1 aliphatic rings. The summed E-state index contributed by atoms with van der Waals surface area (Å²) >= 11 is 0. The van der Waals surface area contributed by atoms with Crippen molar-refractivity contribution in [2.75, 3.05) is 30.4 Å². The first-order valence-electron chi connectivity index (χ1n) is 7.23. The molecule has 0 aromatic carbocycles. The lowest BCUT2D eigenvalue weighted by Gasteiger charge is -2.33. The number of rotatable bonds is 5. The van der Waals surface area contributed by atoms with Gasteiger partial charge in [-0.25, -0.2) is 9.97 Å². The van der Waals surface area contributed by atoms with Crippen molar-refractivity contribution in [3.8, 4) is 0 Å². The maximum atomic E-state index is 11.4. The molecule has 1 aromatic rings. The number of anilines is 2. The molecule has 110 valence electrons. The summed E-state index contributed by atoms with van der Waals surface area (Å²) in [5, 5.41) is 3.12. The SMILES string of the molecule is CCCc1c(NC)ncnc1N1CCCC(C(N)=O)C1. The van der Waals surface area contributed by atoms with Crippen molar-refractivity contribution in [2.45, 2.75) is 32.6 Å². The standard InChI is InChI=1S/C14H23N5O/c1-3-5-11-13(16-2)17-9-18-14(11)19-7-4-6-10(8-19)12(15)20/h9-10H,3-8H2,1-2H3,(H2,15,20)(H,16,17,18). The molecule has 6 nitrogen and oxygen atoms in total. The number of hydrogen-bond donors (Lipinski definition) is 2. The van der Waals surface area contributed by atoms with Gasteiger partial charge in [0.15, 0.2) is 0 Å². The highest BCUT2D eigenvalue weighted by molar-refractivity contribution is 5.77. The molecule has 2 rings (SSSR count). The molecule has 1 saturated heterocycles. The van der Waals surface area contributed by atoms with E-state index in [-0.39, 0.29) is 11.8 Å². The smallest absolute Gasteiger partial charge is 0.222 e. The third-order valence-corrected chi connectivity index (χ3v) is 3.78. The van der Waals surface area contributed by atoms with Gasteiger partial charge in [0.05, 0.1) is 5.92 Å². The molecule has 1 amide bonds. The van der Waals surface area contributed by atoms with Gasteiger partial charge in [-0.15, -0.1) is 0 Å². The molecular formula is C14H23N5O. The molecule has 1 unspecified atom stereocenters. The van der Waals surface area contributed by atoms with E-state index >= 15 is 0 Å². The van der Waals surface area contributed by atoms with Crippen LogP contribution in [0, 0.1) is 5.92 Å². The number of amides is 1. The molecule has 1 aliphatic heterocycles. The van der Waals surface area contributed by atoms with Gasteiger partial charge >= 0.3 is 0 Å². The minimum absolute atomic E-state index is 0.0776. The molecule has 20 heavy (non-hydrogen) atoms. The Labute approximate surface area is 119 Å². The van der Waals surface area contributed by atoms with Crippen LogP contribution < -0.4 is 16.0 Å². The topological polar surface area (TPSA) is 84.1 Å². The fourth-order valence-electron chi connectivity index (χ4n) is 2.77. The van der Waals surface area contributed by atoms with Gasteiger partial charge in [0, 0.05) is 25.7 Å². The van der Waals surface area contributed by atoms with Crippen molar-refractivity contribution in [2.24, 2.45) is 11.7 Å². The molecule has 1 fully saturated rings. The van der Waals surface area contributed by atoms with Gasteiger partial charge in [-0.2, -0.15) is 0 Å². The summed E-state index contributed by atoms with van der Waals surface area (Å²) in [6, 6.07) is 0. The lowest BCUT2D eigenvalue weighted by atomic mass is 9.97. The van der Waals surface area contributed by atoms with Gasteiger partial charge < -0.3 is 16.0 Å². The van der Waals surface area contributed by atoms with Gasteiger partial charge in [0.2, 0.25) is 5.91 Å². The number of hydrogen-bond acceptors (Lipinski definition) is 5. The summed E-state index contributed by atoms with van der Waals surface area (Å²) in [4.78, 5) is 22.3. The maximum absolute atomic E-state index is 11.4. The van der Waals surface area contributed by atoms with E-state index in [1.54, 1.807) is 6.33 Å². The van der Waals surface area contributed by atoms with Crippen molar-refractivity contribution in [3.05, 3.63) is 11.9 Å². The fourth-order valence-corrected chi connectivity index (χ4v) is 2.77. The molecular weight excluding hydrogens is 254 g/mol. The average Bonchev–Trinajstić information content (AvgIpc) is 2.48. The first kappa shape index (κ1) is 14.6. The van der Waals surface area contributed by atoms with Crippen LogP contribution in [-0.4, -0.2) is 36.0 Å². The molecule has 0 spiro atoms. The minimum Gasteiger partial charge on any atom is -0.373 e. The Hall–Kier alpha value is -1.85. The summed E-state index contributed by atoms with van der Waals surface area (Å²) < 4.78 is 0. The molecule has 0 bridgehead atoms. The molecule has 1 aromatic heterocycles. The zero-order chi connectivity index (χ0) is 14.5. The van der Waals surface area contributed by atoms with Crippen molar-refractivity contribution in [1.29, 1.82) is 0 Å². The predicted molar refractivity (Wildman–Crippen MR) is 79.7 cm³/mol. The van der Waals surface area contributed by atoms with Crippen LogP contribution in [0.3, 0.4) is 0 Å². The molecule has 0 radical (unpaired) electrons. The van der Waals surface area contributed by atoms with E-state index in [1.165, 1.54) is 0 Å². The molecule has 2 heterocycles. The Kier molecular flexibility index (Phi) is 4.76. The van der Waals surface area contributed by atoms with Gasteiger partial charge in [0.1, 0.15) is 18.0 Å². The number of primary amides is 1. The van der Waals surface area contributed by atoms with E-state index in [0.29, 0.717) is 6.54 Å². The first-order valence-corrected chi connectivity index (χ1v) is 7.23. The minimum atomic E-state index is -0.213. The van der Waals surface area contributed by atoms with Crippen molar-refractivity contribution >= 4 is 17.5 Å². The second-order valence-corrected chi connectivity index (χ2v) is 5.21. The van der Waals surface area contributed by atoms with Gasteiger partial charge in [-0.05, 0) is 19.3 Å². The van der Waals surface area contributed by atoms with E-state index in [9.17, 15) is 4.79 Å². The number of piperidine rings is 1. The number of nitrogens with zero attached hydrogens (tertiary/aromatic N) is 3. The Morgan fingerprint density at radius 1 is 1.55 bits per heavy atom. The summed E-state index contributed by atoms with van der Waals surface area (Å²) in [7, 11) is 1.87. The fraction of sp³-hybridized carbons (Fsp3) is 0.643. The quantitative estimate of drug-likeness (QED) is 0.844. The number of aromatic nitrogens is 2. The second-order valence-electron chi connectivity index (χ2n) is 5.21. The Balaban J connectivity index is 2.29. The number of nitrogens with two attached hydrogens (primary N) is 1. The highest BCUT2D eigenvalue weighted by atomic mass is 16.1. The van der Waals surface area contributed by atoms with Gasteiger partial charge in [-0.3, -0.25) is 4.79 Å². The van der Waals surface area contributed by atoms with Crippen molar-refractivity contribution in [3.63, 3.8) is 0 Å². The average molecular weight is 277 g/mol. The summed E-state index contributed by atoms with van der Waals surface area (Å²) in [5.41, 5.74) is 6.58. The van der Waals surface area contributed by atoms with Crippen molar-refractivity contribution in [1.82, 2.24) is 9.97 Å². The Morgan fingerprint density at radius 3 is 3.00 bits per heavy atom. The highest BCUT2D eigenvalue weighted by Gasteiger charge is 2.26. The largest absolute Gasteiger partial charge is 0.373 e. The molecule has 0 aliphatic carbocycles. The van der Waals surface area contributed by atoms with Crippen LogP contribution in [0.1, 0.15) is 31.7 Å². The molecule has 1 atom stereocenters. The monoisotopic (exact) mass is 277 g/mol.